The number of rotatable bonds is 7. The Morgan fingerprint density at radius 2 is 1.79 bits per heavy atom. The maximum Gasteiger partial charge on any atom is 0.314 e. The maximum absolute atomic E-state index is 13.1. The van der Waals surface area contributed by atoms with Crippen molar-refractivity contribution in [1.29, 1.82) is 0 Å². The molecular weight excluding hydrogens is 424 g/mol. The Kier molecular flexibility index (Phi) is 7.08. The second-order valence-electron chi connectivity index (χ2n) is 7.48. The number of hydrogen-bond acceptors (Lipinski definition) is 8. The molecule has 0 amide bonds. The fourth-order valence-electron chi connectivity index (χ4n) is 3.34. The van der Waals surface area contributed by atoms with Crippen LogP contribution in [0.25, 0.3) is 15.6 Å². The Morgan fingerprint density at radius 3 is 2.45 bits per heavy atom. The lowest BCUT2D eigenvalue weighted by Gasteiger charge is -2.23. The fraction of sp³-hybridized carbons (Fsp3) is 0.292. The van der Waals surface area contributed by atoms with Crippen LogP contribution in [0.4, 0.5) is 11.6 Å². The van der Waals surface area contributed by atoms with E-state index >= 15 is 0 Å². The fourth-order valence-corrected chi connectivity index (χ4v) is 3.34. The van der Waals surface area contributed by atoms with Gasteiger partial charge in [-0.15, -0.1) is 4.98 Å². The molecule has 3 atom stereocenters. The van der Waals surface area contributed by atoms with E-state index in [0.717, 1.165) is 22.1 Å². The van der Waals surface area contributed by atoms with Crippen molar-refractivity contribution < 1.29 is 23.8 Å². The van der Waals surface area contributed by atoms with E-state index in [9.17, 15) is 9.59 Å². The van der Waals surface area contributed by atoms with Crippen LogP contribution in [-0.2, 0) is 19.1 Å². The van der Waals surface area contributed by atoms with Crippen molar-refractivity contribution in [3.63, 3.8) is 0 Å². The van der Waals surface area contributed by atoms with E-state index < -0.39 is 30.1 Å². The number of benzene rings is 2. The van der Waals surface area contributed by atoms with Crippen LogP contribution in [-0.4, -0.2) is 35.1 Å². The molecule has 170 valence electrons. The summed E-state index contributed by atoms with van der Waals surface area (Å²) in [4.78, 5) is 35.9. The minimum atomic E-state index is -1.07. The number of hydrogen-bond donors (Lipinski definition) is 1. The molecule has 9 nitrogen and oxygen atoms in total. The first-order chi connectivity index (χ1) is 15.7. The van der Waals surface area contributed by atoms with Gasteiger partial charge in [-0.2, -0.15) is 0 Å². The quantitative estimate of drug-likeness (QED) is 0.424. The van der Waals surface area contributed by atoms with Crippen LogP contribution in [0.1, 0.15) is 44.1 Å². The lowest BCUT2D eigenvalue weighted by molar-refractivity contribution is -0.167. The first kappa shape index (κ1) is 23.5. The Hall–Kier alpha value is -4.19. The number of esters is 2. The third kappa shape index (κ3) is 5.36. The lowest BCUT2D eigenvalue weighted by Crippen LogP contribution is -2.28. The van der Waals surface area contributed by atoms with Crippen LogP contribution in [0.3, 0.4) is 0 Å². The van der Waals surface area contributed by atoms with Crippen molar-refractivity contribution in [2.24, 2.45) is 0 Å². The van der Waals surface area contributed by atoms with Gasteiger partial charge >= 0.3 is 17.8 Å². The molecule has 1 aromatic heterocycles. The van der Waals surface area contributed by atoms with Crippen molar-refractivity contribution in [3.8, 4) is 5.75 Å². The number of ether oxygens (including phenoxy) is 3. The molecule has 0 aliphatic rings. The Labute approximate surface area is 191 Å². The molecule has 0 saturated carbocycles. The number of aromatic nitrogens is 2. The van der Waals surface area contributed by atoms with Crippen molar-refractivity contribution in [2.45, 2.75) is 38.9 Å². The topological polar surface area (TPSA) is 118 Å². The molecule has 0 fully saturated rings. The summed E-state index contributed by atoms with van der Waals surface area (Å²) in [6, 6.07) is 11.3. The Morgan fingerprint density at radius 1 is 1.09 bits per heavy atom. The maximum atomic E-state index is 13.1. The highest BCUT2D eigenvalue weighted by Crippen LogP contribution is 2.30. The number of nitrogen functional groups attached to an aromatic ring is 1. The molecule has 0 unspecified atom stereocenters. The summed E-state index contributed by atoms with van der Waals surface area (Å²) >= 11 is 0. The van der Waals surface area contributed by atoms with Gasteiger partial charge in [0.15, 0.2) is 5.69 Å². The Balaban J connectivity index is 1.88. The number of fused-ring (bicyclic) bond motifs is 1. The van der Waals surface area contributed by atoms with Gasteiger partial charge in [-0.25, -0.2) is 4.98 Å². The monoisotopic (exact) mass is 448 g/mol. The molecule has 0 radical (unpaired) electrons. The van der Waals surface area contributed by atoms with Gasteiger partial charge in [-0.1, -0.05) is 30.8 Å². The molecule has 3 aromatic rings. The van der Waals surface area contributed by atoms with Crippen molar-refractivity contribution in [1.82, 2.24) is 9.97 Å². The number of methoxy groups -OCH3 is 1. The highest BCUT2D eigenvalue weighted by Gasteiger charge is 2.32. The molecule has 0 saturated heterocycles. The van der Waals surface area contributed by atoms with E-state index in [1.54, 1.807) is 21.0 Å². The van der Waals surface area contributed by atoms with Crippen LogP contribution in [0, 0.1) is 6.57 Å². The zero-order valence-corrected chi connectivity index (χ0v) is 18.7. The van der Waals surface area contributed by atoms with Gasteiger partial charge in [-0.05, 0) is 42.3 Å². The summed E-state index contributed by atoms with van der Waals surface area (Å²) in [6.07, 6.45) is -0.628. The third-order valence-corrected chi connectivity index (χ3v) is 5.14. The first-order valence-corrected chi connectivity index (χ1v) is 10.2. The average molecular weight is 448 g/mol. The van der Waals surface area contributed by atoms with Crippen LogP contribution in [0.5, 0.6) is 5.75 Å². The number of nitrogens with two attached hydrogens (primary N) is 1. The van der Waals surface area contributed by atoms with Gasteiger partial charge in [0.05, 0.1) is 19.2 Å². The second kappa shape index (κ2) is 9.96. The highest BCUT2D eigenvalue weighted by molar-refractivity contribution is 5.87. The van der Waals surface area contributed by atoms with Gasteiger partial charge < -0.3 is 24.8 Å². The molecule has 2 N–H and O–H groups in total. The number of carbonyl (C=O) groups excluding carboxylic acids is 2. The average Bonchev–Trinajstić information content (AvgIpc) is 2.81. The highest BCUT2D eigenvalue weighted by atomic mass is 16.6. The normalized spacial score (nSPS) is 13.4. The third-order valence-electron chi connectivity index (χ3n) is 5.14. The van der Waals surface area contributed by atoms with Gasteiger partial charge in [0, 0.05) is 6.92 Å². The smallest absolute Gasteiger partial charge is 0.314 e. The molecule has 0 aliphatic heterocycles. The molecule has 2 aromatic carbocycles. The molecular formula is C24H24N4O5. The zero-order chi connectivity index (χ0) is 24.1. The molecule has 1 heterocycles. The predicted octanol–water partition coefficient (Wildman–Crippen LogP) is 4.11. The Bertz CT molecular complexity index is 1240. The number of nitrogens with zero attached hydrogens (tertiary/aromatic N) is 3. The summed E-state index contributed by atoms with van der Waals surface area (Å²) < 4.78 is 16.2. The first-order valence-electron chi connectivity index (χ1n) is 10.2. The largest absolute Gasteiger partial charge is 0.497 e. The van der Waals surface area contributed by atoms with E-state index in [2.05, 4.69) is 14.8 Å². The molecule has 0 bridgehead atoms. The van der Waals surface area contributed by atoms with E-state index in [1.165, 1.54) is 13.1 Å². The van der Waals surface area contributed by atoms with E-state index in [-0.39, 0.29) is 17.3 Å². The van der Waals surface area contributed by atoms with E-state index in [1.807, 2.05) is 36.4 Å². The summed E-state index contributed by atoms with van der Waals surface area (Å²) in [5.41, 5.74) is 6.57. The summed E-state index contributed by atoms with van der Waals surface area (Å²) in [6.45, 7) is 11.7. The van der Waals surface area contributed by atoms with Gasteiger partial charge in [0.2, 0.25) is 6.10 Å². The molecule has 0 spiro atoms. The predicted molar refractivity (Wildman–Crippen MR) is 122 cm³/mol. The minimum absolute atomic E-state index is 0.0415. The van der Waals surface area contributed by atoms with Crippen LogP contribution >= 0.6 is 0 Å². The molecule has 3 rings (SSSR count). The number of carbonyl (C=O) groups is 2. The van der Waals surface area contributed by atoms with Crippen molar-refractivity contribution in [3.05, 3.63) is 65.3 Å². The van der Waals surface area contributed by atoms with Gasteiger partial charge in [0.25, 0.3) is 0 Å². The standard InChI is InChI=1S/C24H24N4O5/c1-13(16-6-7-18-11-19(31-5)9-8-17(18)10-16)24(30)33-21(14(2)32-15(3)29)20-12-27-22(25)23(26-4)28-20/h6-14,21H,1-3,5H3,(H2,25,27)/t13-,14-,21-/m0/s1. The molecule has 33 heavy (non-hydrogen) atoms. The summed E-state index contributed by atoms with van der Waals surface area (Å²) in [5.74, 6) is -1.13. The lowest BCUT2D eigenvalue weighted by atomic mass is 9.97. The van der Waals surface area contributed by atoms with E-state index in [0.29, 0.717) is 0 Å². The van der Waals surface area contributed by atoms with Crippen LogP contribution in [0.15, 0.2) is 42.6 Å². The van der Waals surface area contributed by atoms with Gasteiger partial charge in [0.1, 0.15) is 17.7 Å². The van der Waals surface area contributed by atoms with Crippen molar-refractivity contribution >= 4 is 34.3 Å². The van der Waals surface area contributed by atoms with E-state index in [4.69, 9.17) is 26.5 Å². The second-order valence-corrected chi connectivity index (χ2v) is 7.48. The zero-order valence-electron chi connectivity index (χ0n) is 18.7. The van der Waals surface area contributed by atoms with Crippen LogP contribution < -0.4 is 10.5 Å². The molecule has 0 aliphatic carbocycles. The number of anilines is 1. The molecule has 9 heteroatoms. The van der Waals surface area contributed by atoms with Crippen molar-refractivity contribution in [2.75, 3.05) is 12.8 Å². The minimum Gasteiger partial charge on any atom is -0.497 e. The SMILES string of the molecule is [C-]#[N+]c1nc([C@@H](OC(=O)[C@@H](C)c2ccc3cc(OC)ccc3c2)[C@H](C)OC(C)=O)cnc1N. The summed E-state index contributed by atoms with van der Waals surface area (Å²) in [7, 11) is 1.60. The van der Waals surface area contributed by atoms with Gasteiger partial charge in [-0.3, -0.25) is 9.59 Å². The summed E-state index contributed by atoms with van der Waals surface area (Å²) in [5, 5.41) is 1.92. The van der Waals surface area contributed by atoms with Crippen LogP contribution in [0.2, 0.25) is 0 Å².